The maximum Gasteiger partial charge on any atom is 0.410 e. The predicted octanol–water partition coefficient (Wildman–Crippen LogP) is 2.95. The van der Waals surface area contributed by atoms with Crippen molar-refractivity contribution >= 4 is 17.8 Å². The van der Waals surface area contributed by atoms with E-state index in [1.54, 1.807) is 4.90 Å². The van der Waals surface area contributed by atoms with Gasteiger partial charge in [0.1, 0.15) is 11.4 Å². The molecule has 2 aromatic rings. The molecule has 0 aliphatic carbocycles. The molecule has 0 atom stereocenters. The topological polar surface area (TPSA) is 90.5 Å². The molecule has 1 aliphatic rings. The van der Waals surface area contributed by atoms with Crippen LogP contribution in [-0.4, -0.2) is 38.8 Å². The van der Waals surface area contributed by atoms with Gasteiger partial charge >= 0.3 is 6.09 Å². The zero-order valence-corrected chi connectivity index (χ0v) is 16.3. The van der Waals surface area contributed by atoms with Crippen LogP contribution in [-0.2, 0) is 24.1 Å². The highest BCUT2D eigenvalue weighted by molar-refractivity contribution is 5.84. The third-order valence-electron chi connectivity index (χ3n) is 4.44. The average Bonchev–Trinajstić information content (AvgIpc) is 2.92. The molecule has 144 valence electrons. The SMILES string of the molecule is Cc1ccc(CC(=O)n2nc3c(c2N)CCN(C(=O)OC(C)(C)C)C3)cc1. The number of carbonyl (C=O) groups excluding carboxylic acids is 2. The Balaban J connectivity index is 1.75. The van der Waals surface area contributed by atoms with E-state index in [-0.39, 0.29) is 18.4 Å². The van der Waals surface area contributed by atoms with E-state index in [4.69, 9.17) is 10.5 Å². The lowest BCUT2D eigenvalue weighted by Gasteiger charge is -2.29. The van der Waals surface area contributed by atoms with E-state index in [0.717, 1.165) is 16.7 Å². The van der Waals surface area contributed by atoms with Crippen molar-refractivity contribution in [1.29, 1.82) is 0 Å². The molecule has 7 heteroatoms. The summed E-state index contributed by atoms with van der Waals surface area (Å²) >= 11 is 0. The maximum atomic E-state index is 12.7. The molecule has 1 aromatic carbocycles. The molecular weight excluding hydrogens is 344 g/mol. The van der Waals surface area contributed by atoms with Crippen molar-refractivity contribution in [3.05, 3.63) is 46.6 Å². The molecule has 0 saturated heterocycles. The third kappa shape index (κ3) is 4.30. The summed E-state index contributed by atoms with van der Waals surface area (Å²) in [6.07, 6.45) is 0.395. The highest BCUT2D eigenvalue weighted by Crippen LogP contribution is 2.25. The normalized spacial score (nSPS) is 14.0. The van der Waals surface area contributed by atoms with Crippen LogP contribution in [0.4, 0.5) is 10.6 Å². The van der Waals surface area contributed by atoms with Gasteiger partial charge in [-0.2, -0.15) is 9.78 Å². The quantitative estimate of drug-likeness (QED) is 0.878. The Morgan fingerprint density at radius 1 is 1.22 bits per heavy atom. The minimum absolute atomic E-state index is 0.186. The van der Waals surface area contributed by atoms with Gasteiger partial charge in [0.2, 0.25) is 0 Å². The van der Waals surface area contributed by atoms with Crippen molar-refractivity contribution in [2.45, 2.75) is 52.7 Å². The first-order valence-electron chi connectivity index (χ1n) is 9.07. The lowest BCUT2D eigenvalue weighted by atomic mass is 10.1. The monoisotopic (exact) mass is 370 g/mol. The highest BCUT2D eigenvalue weighted by atomic mass is 16.6. The summed E-state index contributed by atoms with van der Waals surface area (Å²) in [6, 6.07) is 7.80. The van der Waals surface area contributed by atoms with Crippen molar-refractivity contribution < 1.29 is 14.3 Å². The largest absolute Gasteiger partial charge is 0.444 e. The highest BCUT2D eigenvalue weighted by Gasteiger charge is 2.30. The summed E-state index contributed by atoms with van der Waals surface area (Å²) in [7, 11) is 0. The van der Waals surface area contributed by atoms with Crippen molar-refractivity contribution in [3.8, 4) is 0 Å². The maximum absolute atomic E-state index is 12.7. The molecule has 27 heavy (non-hydrogen) atoms. The van der Waals surface area contributed by atoms with E-state index in [2.05, 4.69) is 5.10 Å². The number of hydrogen-bond donors (Lipinski definition) is 1. The Bertz CT molecular complexity index is 863. The van der Waals surface area contributed by atoms with Crippen LogP contribution >= 0.6 is 0 Å². The predicted molar refractivity (Wildman–Crippen MR) is 102 cm³/mol. The number of fused-ring (bicyclic) bond motifs is 1. The number of ether oxygens (including phenoxy) is 1. The molecule has 0 bridgehead atoms. The van der Waals surface area contributed by atoms with E-state index in [9.17, 15) is 9.59 Å². The molecule has 2 N–H and O–H groups in total. The number of nitrogens with zero attached hydrogens (tertiary/aromatic N) is 3. The lowest BCUT2D eigenvalue weighted by molar-refractivity contribution is 0.0221. The first kappa shape index (κ1) is 18.9. The van der Waals surface area contributed by atoms with Crippen LogP contribution in [0.2, 0.25) is 0 Å². The second-order valence-corrected chi connectivity index (χ2v) is 7.93. The number of carbonyl (C=O) groups is 2. The van der Waals surface area contributed by atoms with E-state index in [0.29, 0.717) is 31.0 Å². The molecule has 1 aliphatic heterocycles. The van der Waals surface area contributed by atoms with Crippen LogP contribution in [0.1, 0.15) is 48.0 Å². The molecule has 0 spiro atoms. The smallest absolute Gasteiger partial charge is 0.410 e. The van der Waals surface area contributed by atoms with Crippen LogP contribution in [0.25, 0.3) is 0 Å². The first-order chi connectivity index (χ1) is 12.6. The van der Waals surface area contributed by atoms with Gasteiger partial charge < -0.3 is 15.4 Å². The lowest BCUT2D eigenvalue weighted by Crippen LogP contribution is -2.39. The summed E-state index contributed by atoms with van der Waals surface area (Å²) in [5.41, 5.74) is 9.16. The standard InChI is InChI=1S/C20H26N4O3/c1-13-5-7-14(8-6-13)11-17(25)24-18(21)15-9-10-23(12-16(15)22-24)19(26)27-20(2,3)4/h5-8H,9-12,21H2,1-4H3. The number of aryl methyl sites for hydroxylation is 1. The fourth-order valence-corrected chi connectivity index (χ4v) is 3.04. The number of benzene rings is 1. The van der Waals surface area contributed by atoms with Crippen molar-refractivity contribution in [3.63, 3.8) is 0 Å². The van der Waals surface area contributed by atoms with Gasteiger partial charge in [-0.1, -0.05) is 29.8 Å². The zero-order valence-electron chi connectivity index (χ0n) is 16.3. The molecule has 3 rings (SSSR count). The molecular formula is C20H26N4O3. The van der Waals surface area contributed by atoms with E-state index in [1.165, 1.54) is 4.68 Å². The van der Waals surface area contributed by atoms with Crippen LogP contribution < -0.4 is 5.73 Å². The molecule has 0 unspecified atom stereocenters. The number of amides is 1. The van der Waals surface area contributed by atoms with Gasteiger partial charge in [0.05, 0.1) is 18.7 Å². The second kappa shape index (κ2) is 7.06. The van der Waals surface area contributed by atoms with Crippen LogP contribution in [0.5, 0.6) is 0 Å². The summed E-state index contributed by atoms with van der Waals surface area (Å²) in [5, 5.41) is 4.39. The van der Waals surface area contributed by atoms with Crippen molar-refractivity contribution in [1.82, 2.24) is 14.7 Å². The molecule has 1 aromatic heterocycles. The molecule has 2 heterocycles. The Hall–Kier alpha value is -2.83. The number of rotatable bonds is 2. The van der Waals surface area contributed by atoms with Gasteiger partial charge in [0.25, 0.3) is 5.91 Å². The van der Waals surface area contributed by atoms with Gasteiger partial charge in [-0.05, 0) is 39.7 Å². The molecule has 7 nitrogen and oxygen atoms in total. The fraction of sp³-hybridized carbons (Fsp3) is 0.450. The number of anilines is 1. The van der Waals surface area contributed by atoms with E-state index in [1.807, 2.05) is 52.0 Å². The van der Waals surface area contributed by atoms with E-state index >= 15 is 0 Å². The summed E-state index contributed by atoms with van der Waals surface area (Å²) < 4.78 is 6.69. The van der Waals surface area contributed by atoms with Gasteiger partial charge in [0.15, 0.2) is 0 Å². The average molecular weight is 370 g/mol. The minimum Gasteiger partial charge on any atom is -0.444 e. The van der Waals surface area contributed by atoms with Gasteiger partial charge in [0, 0.05) is 12.1 Å². The number of nitrogen functional groups attached to an aromatic ring is 1. The summed E-state index contributed by atoms with van der Waals surface area (Å²) in [5.74, 6) is 0.181. The summed E-state index contributed by atoms with van der Waals surface area (Å²) in [6.45, 7) is 8.27. The number of nitrogens with two attached hydrogens (primary N) is 1. The second-order valence-electron chi connectivity index (χ2n) is 7.93. The van der Waals surface area contributed by atoms with Gasteiger partial charge in [-0.15, -0.1) is 0 Å². The van der Waals surface area contributed by atoms with Crippen LogP contribution in [0.3, 0.4) is 0 Å². The Morgan fingerprint density at radius 3 is 2.52 bits per heavy atom. The first-order valence-corrected chi connectivity index (χ1v) is 9.07. The fourth-order valence-electron chi connectivity index (χ4n) is 3.04. The third-order valence-corrected chi connectivity index (χ3v) is 4.44. The van der Waals surface area contributed by atoms with Crippen molar-refractivity contribution in [2.75, 3.05) is 12.3 Å². The molecule has 1 amide bonds. The Kier molecular flexibility index (Phi) is 4.95. The summed E-state index contributed by atoms with van der Waals surface area (Å²) in [4.78, 5) is 26.5. The number of hydrogen-bond acceptors (Lipinski definition) is 5. The molecule has 0 fully saturated rings. The van der Waals surface area contributed by atoms with Gasteiger partial charge in [-0.25, -0.2) is 4.79 Å². The van der Waals surface area contributed by atoms with Crippen molar-refractivity contribution in [2.24, 2.45) is 0 Å². The number of aromatic nitrogens is 2. The van der Waals surface area contributed by atoms with Crippen LogP contribution in [0, 0.1) is 6.92 Å². The zero-order chi connectivity index (χ0) is 19.8. The van der Waals surface area contributed by atoms with Crippen LogP contribution in [0.15, 0.2) is 24.3 Å². The van der Waals surface area contributed by atoms with E-state index < -0.39 is 5.60 Å². The molecule has 0 radical (unpaired) electrons. The van der Waals surface area contributed by atoms with Gasteiger partial charge in [-0.3, -0.25) is 4.79 Å². The Labute approximate surface area is 159 Å². The minimum atomic E-state index is -0.556. The molecule has 0 saturated carbocycles. The Morgan fingerprint density at radius 2 is 1.89 bits per heavy atom.